The number of rotatable bonds is 7. The summed E-state index contributed by atoms with van der Waals surface area (Å²) < 4.78 is 11.4. The fraction of sp³-hybridized carbons (Fsp3) is 0.276. The van der Waals surface area contributed by atoms with Crippen molar-refractivity contribution in [1.29, 1.82) is 0 Å². The van der Waals surface area contributed by atoms with Gasteiger partial charge in [-0.1, -0.05) is 53.5 Å². The first kappa shape index (κ1) is 26.1. The van der Waals surface area contributed by atoms with Crippen LogP contribution in [0.3, 0.4) is 0 Å². The number of methoxy groups -OCH3 is 1. The van der Waals surface area contributed by atoms with Crippen molar-refractivity contribution >= 4 is 45.8 Å². The molecule has 0 saturated heterocycles. The number of anilines is 1. The number of carbonyl (C=O) groups excluding carboxylic acids is 1. The highest BCUT2D eigenvalue weighted by Crippen LogP contribution is 2.43. The summed E-state index contributed by atoms with van der Waals surface area (Å²) in [6.07, 6.45) is 3.93. The van der Waals surface area contributed by atoms with Gasteiger partial charge in [0.15, 0.2) is 0 Å². The third-order valence-electron chi connectivity index (χ3n) is 6.85. The molecule has 0 unspecified atom stereocenters. The largest absolute Gasteiger partial charge is 0.494 e. The van der Waals surface area contributed by atoms with Gasteiger partial charge in [0, 0.05) is 36.8 Å². The minimum absolute atomic E-state index is 0.169. The summed E-state index contributed by atoms with van der Waals surface area (Å²) >= 11 is 13.0. The lowest BCUT2D eigenvalue weighted by Crippen LogP contribution is -2.34. The molecule has 1 amide bonds. The second-order valence-corrected chi connectivity index (χ2v) is 9.68. The predicted molar refractivity (Wildman–Crippen MR) is 152 cm³/mol. The first-order valence-electron chi connectivity index (χ1n) is 12.6. The Morgan fingerprint density at radius 3 is 2.61 bits per heavy atom. The van der Waals surface area contributed by atoms with E-state index in [2.05, 4.69) is 10.2 Å². The molecule has 3 heterocycles. The molecular formula is C29H28Cl2N4O3. The van der Waals surface area contributed by atoms with Crippen molar-refractivity contribution in [3.05, 3.63) is 76.0 Å². The van der Waals surface area contributed by atoms with Crippen LogP contribution in [-0.2, 0) is 0 Å². The second kappa shape index (κ2) is 11.1. The van der Waals surface area contributed by atoms with Crippen LogP contribution in [0.4, 0.5) is 5.69 Å². The SMILES string of the molecule is CCN(CC)c1c(C(=O)N[C@H]2CCOc3ccccc32)cnc2c(-c3cccc(Cl)c3Cl)c(OC)cnc12. The third-order valence-corrected chi connectivity index (χ3v) is 7.67. The molecule has 196 valence electrons. The van der Waals surface area contributed by atoms with E-state index >= 15 is 0 Å². The Morgan fingerprint density at radius 2 is 1.84 bits per heavy atom. The molecule has 1 aliphatic rings. The van der Waals surface area contributed by atoms with Crippen molar-refractivity contribution in [2.45, 2.75) is 26.3 Å². The molecule has 1 aliphatic heterocycles. The van der Waals surface area contributed by atoms with E-state index in [9.17, 15) is 4.79 Å². The zero-order valence-electron chi connectivity index (χ0n) is 21.4. The van der Waals surface area contributed by atoms with E-state index < -0.39 is 0 Å². The quantitative estimate of drug-likeness (QED) is 0.275. The molecule has 7 nitrogen and oxygen atoms in total. The molecule has 0 aliphatic carbocycles. The molecule has 0 radical (unpaired) electrons. The number of halogens is 2. The molecule has 38 heavy (non-hydrogen) atoms. The molecule has 0 spiro atoms. The van der Waals surface area contributed by atoms with Crippen molar-refractivity contribution in [1.82, 2.24) is 15.3 Å². The maximum Gasteiger partial charge on any atom is 0.255 e. The topological polar surface area (TPSA) is 76.6 Å². The van der Waals surface area contributed by atoms with Crippen LogP contribution in [0.25, 0.3) is 22.2 Å². The van der Waals surface area contributed by atoms with E-state index in [1.807, 2.05) is 50.2 Å². The fourth-order valence-corrected chi connectivity index (χ4v) is 5.36. The van der Waals surface area contributed by atoms with Gasteiger partial charge in [0.2, 0.25) is 0 Å². The number of para-hydroxylation sites is 1. The Labute approximate surface area is 231 Å². The summed E-state index contributed by atoms with van der Waals surface area (Å²) in [5, 5.41) is 4.03. The van der Waals surface area contributed by atoms with Crippen molar-refractivity contribution in [3.63, 3.8) is 0 Å². The Balaban J connectivity index is 1.67. The van der Waals surface area contributed by atoms with Crippen LogP contribution in [0, 0.1) is 0 Å². The molecule has 0 saturated carbocycles. The first-order chi connectivity index (χ1) is 18.5. The third kappa shape index (κ3) is 4.61. The monoisotopic (exact) mass is 550 g/mol. The average molecular weight is 551 g/mol. The molecule has 0 fully saturated rings. The fourth-order valence-electron chi connectivity index (χ4n) is 4.97. The summed E-state index contributed by atoms with van der Waals surface area (Å²) in [5.41, 5.74) is 4.63. The summed E-state index contributed by atoms with van der Waals surface area (Å²) in [4.78, 5) is 25.4. The highest BCUT2D eigenvalue weighted by molar-refractivity contribution is 6.44. The maximum atomic E-state index is 13.8. The van der Waals surface area contributed by atoms with Gasteiger partial charge in [0.25, 0.3) is 5.91 Å². The Bertz CT molecular complexity index is 1510. The lowest BCUT2D eigenvalue weighted by molar-refractivity contribution is 0.0925. The van der Waals surface area contributed by atoms with Gasteiger partial charge in [-0.05, 0) is 26.0 Å². The number of nitrogens with one attached hydrogen (secondary N) is 1. The summed E-state index contributed by atoms with van der Waals surface area (Å²) in [6.45, 7) is 5.98. The van der Waals surface area contributed by atoms with Crippen LogP contribution in [0.1, 0.15) is 42.2 Å². The number of aromatic nitrogens is 2. The number of hydrogen-bond donors (Lipinski definition) is 1. The van der Waals surface area contributed by atoms with Gasteiger partial charge < -0.3 is 19.7 Å². The van der Waals surface area contributed by atoms with Crippen molar-refractivity contribution in [2.24, 2.45) is 0 Å². The number of fused-ring (bicyclic) bond motifs is 2. The number of hydrogen-bond acceptors (Lipinski definition) is 6. The molecule has 5 rings (SSSR count). The minimum Gasteiger partial charge on any atom is -0.494 e. The van der Waals surface area contributed by atoms with Crippen LogP contribution < -0.4 is 19.7 Å². The summed E-state index contributed by atoms with van der Waals surface area (Å²) in [7, 11) is 1.57. The molecule has 4 aromatic rings. The summed E-state index contributed by atoms with van der Waals surface area (Å²) in [5.74, 6) is 1.08. The van der Waals surface area contributed by atoms with Gasteiger partial charge in [-0.25, -0.2) is 4.98 Å². The predicted octanol–water partition coefficient (Wildman–Crippen LogP) is 6.71. The minimum atomic E-state index is -0.219. The standard InChI is InChI=1S/C29H28Cl2N4O3/c1-4-35(5-2)28-19(29(36)34-21-13-14-38-22-12-7-6-9-17(21)22)15-32-26-24(23(37-3)16-33-27(26)28)18-10-8-11-20(30)25(18)31/h6-12,15-16,21H,4-5,13-14H2,1-3H3,(H,34,36)/t21-/m0/s1. The Morgan fingerprint density at radius 1 is 1.08 bits per heavy atom. The molecule has 1 N–H and O–H groups in total. The smallest absolute Gasteiger partial charge is 0.255 e. The van der Waals surface area contributed by atoms with Gasteiger partial charge >= 0.3 is 0 Å². The van der Waals surface area contributed by atoms with Crippen LogP contribution in [-0.4, -0.2) is 42.7 Å². The van der Waals surface area contributed by atoms with Crippen molar-refractivity contribution in [3.8, 4) is 22.6 Å². The van der Waals surface area contributed by atoms with E-state index in [4.69, 9.17) is 42.6 Å². The van der Waals surface area contributed by atoms with Crippen molar-refractivity contribution in [2.75, 3.05) is 31.7 Å². The van der Waals surface area contributed by atoms with Crippen molar-refractivity contribution < 1.29 is 14.3 Å². The normalized spacial score (nSPS) is 14.5. The zero-order valence-corrected chi connectivity index (χ0v) is 22.9. The van der Waals surface area contributed by atoms with Crippen LogP contribution in [0.15, 0.2) is 54.9 Å². The maximum absolute atomic E-state index is 13.8. The number of carbonyl (C=O) groups is 1. The Kier molecular flexibility index (Phi) is 7.58. The lowest BCUT2D eigenvalue weighted by Gasteiger charge is -2.29. The number of benzene rings is 2. The van der Waals surface area contributed by atoms with Crippen LogP contribution in [0.5, 0.6) is 11.5 Å². The average Bonchev–Trinajstić information content (AvgIpc) is 2.94. The van der Waals surface area contributed by atoms with E-state index in [-0.39, 0.29) is 11.9 Å². The van der Waals surface area contributed by atoms with Gasteiger partial charge in [-0.2, -0.15) is 0 Å². The highest BCUT2D eigenvalue weighted by atomic mass is 35.5. The van der Waals surface area contributed by atoms with Gasteiger partial charge in [0.05, 0.1) is 52.8 Å². The van der Waals surface area contributed by atoms with Gasteiger partial charge in [0.1, 0.15) is 22.5 Å². The van der Waals surface area contributed by atoms with Gasteiger partial charge in [-0.15, -0.1) is 0 Å². The van der Waals surface area contributed by atoms with E-state index in [1.165, 1.54) is 0 Å². The molecule has 1 atom stereocenters. The summed E-state index contributed by atoms with van der Waals surface area (Å²) in [6, 6.07) is 13.0. The van der Waals surface area contributed by atoms with E-state index in [1.54, 1.807) is 25.6 Å². The molecule has 2 aromatic carbocycles. The second-order valence-electron chi connectivity index (χ2n) is 8.89. The van der Waals surface area contributed by atoms with E-state index in [0.29, 0.717) is 75.3 Å². The molecular weight excluding hydrogens is 523 g/mol. The molecule has 2 aromatic heterocycles. The van der Waals surface area contributed by atoms with Gasteiger partial charge in [-0.3, -0.25) is 9.78 Å². The highest BCUT2D eigenvalue weighted by Gasteiger charge is 2.28. The zero-order chi connectivity index (χ0) is 26.8. The Hall–Kier alpha value is -3.55. The molecule has 9 heteroatoms. The number of nitrogens with zero attached hydrogens (tertiary/aromatic N) is 3. The first-order valence-corrected chi connectivity index (χ1v) is 13.3. The number of ether oxygens (including phenoxy) is 2. The van der Waals surface area contributed by atoms with E-state index in [0.717, 1.165) is 11.3 Å². The lowest BCUT2D eigenvalue weighted by atomic mass is 9.99. The number of pyridine rings is 2. The van der Waals surface area contributed by atoms with Crippen LogP contribution >= 0.6 is 23.2 Å². The molecule has 0 bridgehead atoms. The number of amides is 1. The van der Waals surface area contributed by atoms with Crippen LogP contribution in [0.2, 0.25) is 10.0 Å².